The average Bonchev–Trinajstić information content (AvgIpc) is 3.02. The van der Waals surface area contributed by atoms with Gasteiger partial charge in [0.2, 0.25) is 5.91 Å². The second-order valence-corrected chi connectivity index (χ2v) is 8.28. The zero-order valence-corrected chi connectivity index (χ0v) is 16.9. The molecule has 3 heteroatoms. The molecule has 3 nitrogen and oxygen atoms in total. The van der Waals surface area contributed by atoms with Crippen LogP contribution < -0.4 is 5.32 Å². The van der Waals surface area contributed by atoms with Crippen molar-refractivity contribution in [3.63, 3.8) is 0 Å². The lowest BCUT2D eigenvalue weighted by molar-refractivity contribution is -0.116. The molecule has 0 aliphatic heterocycles. The molecule has 1 heterocycles. The van der Waals surface area contributed by atoms with Crippen LogP contribution in [0.5, 0.6) is 0 Å². The topological polar surface area (TPSA) is 34.0 Å². The molecule has 3 aromatic rings. The van der Waals surface area contributed by atoms with Gasteiger partial charge in [-0.25, -0.2) is 0 Å². The van der Waals surface area contributed by atoms with E-state index in [2.05, 4.69) is 86.2 Å². The fourth-order valence-corrected chi connectivity index (χ4v) is 3.37. The van der Waals surface area contributed by atoms with E-state index in [0.29, 0.717) is 6.42 Å². The molecule has 0 spiro atoms. The van der Waals surface area contributed by atoms with Crippen molar-refractivity contribution >= 4 is 22.5 Å². The molecule has 0 atom stereocenters. The standard InChI is InChI=1S/C24H30N2O/c1-5-15-26-16-14-19-17-21(11-12-22(19)26)25-23(27)13-8-18-6-9-20(10-7-18)24(2,3)4/h6-7,9-12,14,16-17H,5,8,13,15H2,1-4H3,(H,25,27). The molecule has 0 saturated heterocycles. The highest BCUT2D eigenvalue weighted by atomic mass is 16.1. The van der Waals surface area contributed by atoms with Gasteiger partial charge in [-0.1, -0.05) is 52.0 Å². The summed E-state index contributed by atoms with van der Waals surface area (Å²) in [7, 11) is 0. The first-order chi connectivity index (χ1) is 12.9. The van der Waals surface area contributed by atoms with Crippen LogP contribution in [0.25, 0.3) is 10.9 Å². The summed E-state index contributed by atoms with van der Waals surface area (Å²) in [6.45, 7) is 9.83. The Hall–Kier alpha value is -2.55. The second-order valence-electron chi connectivity index (χ2n) is 8.28. The molecule has 2 aromatic carbocycles. The lowest BCUT2D eigenvalue weighted by atomic mass is 9.86. The maximum atomic E-state index is 12.3. The Morgan fingerprint density at radius 2 is 1.78 bits per heavy atom. The number of fused-ring (bicyclic) bond motifs is 1. The zero-order chi connectivity index (χ0) is 19.4. The third kappa shape index (κ3) is 4.79. The largest absolute Gasteiger partial charge is 0.347 e. The van der Waals surface area contributed by atoms with E-state index in [1.165, 1.54) is 22.0 Å². The summed E-state index contributed by atoms with van der Waals surface area (Å²) in [5.41, 5.74) is 4.76. The highest BCUT2D eigenvalue weighted by Gasteiger charge is 2.13. The number of carbonyl (C=O) groups is 1. The number of nitrogens with zero attached hydrogens (tertiary/aromatic N) is 1. The SMILES string of the molecule is CCCn1ccc2cc(NC(=O)CCc3ccc(C(C)(C)C)cc3)ccc21. The molecule has 0 saturated carbocycles. The third-order valence-corrected chi connectivity index (χ3v) is 4.98. The van der Waals surface area contributed by atoms with Crippen molar-refractivity contribution in [1.29, 1.82) is 0 Å². The molecule has 27 heavy (non-hydrogen) atoms. The first kappa shape index (κ1) is 19.2. The number of nitrogens with one attached hydrogen (secondary N) is 1. The van der Waals surface area contributed by atoms with E-state index in [-0.39, 0.29) is 11.3 Å². The Bertz CT molecular complexity index is 914. The maximum Gasteiger partial charge on any atom is 0.224 e. The molecule has 0 bridgehead atoms. The molecule has 0 aliphatic carbocycles. The average molecular weight is 363 g/mol. The summed E-state index contributed by atoms with van der Waals surface area (Å²) in [6.07, 6.45) is 4.47. The van der Waals surface area contributed by atoms with Crippen molar-refractivity contribution in [3.8, 4) is 0 Å². The highest BCUT2D eigenvalue weighted by Crippen LogP contribution is 2.23. The molecule has 1 N–H and O–H groups in total. The van der Waals surface area contributed by atoms with Crippen LogP contribution in [0.3, 0.4) is 0 Å². The Labute approximate surface area is 162 Å². The number of rotatable bonds is 6. The minimum absolute atomic E-state index is 0.0576. The van der Waals surface area contributed by atoms with E-state index in [9.17, 15) is 4.79 Å². The Morgan fingerprint density at radius 1 is 1.04 bits per heavy atom. The second kappa shape index (κ2) is 7.99. The van der Waals surface area contributed by atoms with Crippen LogP contribution in [0.4, 0.5) is 5.69 Å². The number of anilines is 1. The molecule has 0 unspecified atom stereocenters. The zero-order valence-electron chi connectivity index (χ0n) is 16.9. The van der Waals surface area contributed by atoms with Gasteiger partial charge >= 0.3 is 0 Å². The Balaban J connectivity index is 1.58. The van der Waals surface area contributed by atoms with Gasteiger partial charge in [-0.05, 0) is 53.6 Å². The fraction of sp³-hybridized carbons (Fsp3) is 0.375. The molecule has 0 aliphatic rings. The van der Waals surface area contributed by atoms with Gasteiger partial charge in [0.25, 0.3) is 0 Å². The number of aromatic nitrogens is 1. The number of hydrogen-bond donors (Lipinski definition) is 1. The highest BCUT2D eigenvalue weighted by molar-refractivity contribution is 5.94. The monoisotopic (exact) mass is 362 g/mol. The maximum absolute atomic E-state index is 12.3. The van der Waals surface area contributed by atoms with Gasteiger partial charge in [0.1, 0.15) is 0 Å². The number of amides is 1. The van der Waals surface area contributed by atoms with E-state index < -0.39 is 0 Å². The molecule has 1 amide bonds. The summed E-state index contributed by atoms with van der Waals surface area (Å²) >= 11 is 0. The minimum atomic E-state index is 0.0576. The molecule has 142 valence electrons. The van der Waals surface area contributed by atoms with Gasteiger partial charge in [0.15, 0.2) is 0 Å². The summed E-state index contributed by atoms with van der Waals surface area (Å²) < 4.78 is 2.25. The van der Waals surface area contributed by atoms with Crippen LogP contribution in [0.1, 0.15) is 51.7 Å². The van der Waals surface area contributed by atoms with Crippen molar-refractivity contribution in [3.05, 3.63) is 65.9 Å². The van der Waals surface area contributed by atoms with Gasteiger partial charge in [0, 0.05) is 35.8 Å². The molecule has 3 rings (SSSR count). The van der Waals surface area contributed by atoms with Crippen LogP contribution in [0.2, 0.25) is 0 Å². The molecule has 0 fully saturated rings. The molecular formula is C24H30N2O. The summed E-state index contributed by atoms with van der Waals surface area (Å²) in [4.78, 5) is 12.3. The molecule has 0 radical (unpaired) electrons. The molecule has 1 aromatic heterocycles. The van der Waals surface area contributed by atoms with Crippen molar-refractivity contribution in [2.45, 2.75) is 58.9 Å². The van der Waals surface area contributed by atoms with E-state index in [0.717, 1.165) is 25.1 Å². The van der Waals surface area contributed by atoms with Crippen molar-refractivity contribution in [2.75, 3.05) is 5.32 Å². The van der Waals surface area contributed by atoms with Crippen LogP contribution >= 0.6 is 0 Å². The number of benzene rings is 2. The van der Waals surface area contributed by atoms with Crippen LogP contribution in [-0.4, -0.2) is 10.5 Å². The van der Waals surface area contributed by atoms with E-state index in [1.807, 2.05) is 6.07 Å². The van der Waals surface area contributed by atoms with E-state index in [1.54, 1.807) is 0 Å². The van der Waals surface area contributed by atoms with Gasteiger partial charge in [-0.3, -0.25) is 4.79 Å². The van der Waals surface area contributed by atoms with Gasteiger partial charge in [0.05, 0.1) is 0 Å². The van der Waals surface area contributed by atoms with E-state index >= 15 is 0 Å². The number of hydrogen-bond acceptors (Lipinski definition) is 1. The Kier molecular flexibility index (Phi) is 5.69. The van der Waals surface area contributed by atoms with Gasteiger partial charge in [-0.2, -0.15) is 0 Å². The van der Waals surface area contributed by atoms with Gasteiger partial charge < -0.3 is 9.88 Å². The van der Waals surface area contributed by atoms with E-state index in [4.69, 9.17) is 0 Å². The normalized spacial score (nSPS) is 11.7. The van der Waals surface area contributed by atoms with Crippen molar-refractivity contribution < 1.29 is 4.79 Å². The fourth-order valence-electron chi connectivity index (χ4n) is 3.37. The first-order valence-electron chi connectivity index (χ1n) is 9.85. The van der Waals surface area contributed by atoms with Crippen LogP contribution in [0.15, 0.2) is 54.7 Å². The first-order valence-corrected chi connectivity index (χ1v) is 9.85. The summed E-state index contributed by atoms with van der Waals surface area (Å²) in [6, 6.07) is 16.8. The molecular weight excluding hydrogens is 332 g/mol. The Morgan fingerprint density at radius 3 is 2.44 bits per heavy atom. The lowest BCUT2D eigenvalue weighted by Crippen LogP contribution is -2.13. The van der Waals surface area contributed by atoms with Crippen LogP contribution in [-0.2, 0) is 23.2 Å². The minimum Gasteiger partial charge on any atom is -0.347 e. The van der Waals surface area contributed by atoms with Crippen LogP contribution in [0, 0.1) is 0 Å². The predicted octanol–water partition coefficient (Wildman–Crippen LogP) is 5.92. The lowest BCUT2D eigenvalue weighted by Gasteiger charge is -2.19. The van der Waals surface area contributed by atoms with Gasteiger partial charge in [-0.15, -0.1) is 0 Å². The van der Waals surface area contributed by atoms with Crippen molar-refractivity contribution in [2.24, 2.45) is 0 Å². The predicted molar refractivity (Wildman–Crippen MR) is 114 cm³/mol. The summed E-state index contributed by atoms with van der Waals surface area (Å²) in [5, 5.41) is 4.20. The third-order valence-electron chi connectivity index (χ3n) is 4.98. The number of carbonyl (C=O) groups excluding carboxylic acids is 1. The smallest absolute Gasteiger partial charge is 0.224 e. The van der Waals surface area contributed by atoms with Crippen molar-refractivity contribution in [1.82, 2.24) is 4.57 Å². The quantitative estimate of drug-likeness (QED) is 0.580. The number of aryl methyl sites for hydroxylation is 2. The summed E-state index contributed by atoms with van der Waals surface area (Å²) in [5.74, 6) is 0.0576.